The summed E-state index contributed by atoms with van der Waals surface area (Å²) < 4.78 is 12.1. The van der Waals surface area contributed by atoms with E-state index in [1.54, 1.807) is 6.07 Å². The van der Waals surface area contributed by atoms with E-state index in [4.69, 9.17) is 9.47 Å². The van der Waals surface area contributed by atoms with E-state index in [9.17, 15) is 15.2 Å². The normalized spacial score (nSPS) is 11.3. The molecule has 0 aliphatic carbocycles. The van der Waals surface area contributed by atoms with Gasteiger partial charge in [-0.25, -0.2) is 4.79 Å². The van der Waals surface area contributed by atoms with Gasteiger partial charge >= 0.3 is 5.97 Å². The lowest BCUT2D eigenvalue weighted by atomic mass is 10.1. The lowest BCUT2D eigenvalue weighted by molar-refractivity contribution is -0.132. The van der Waals surface area contributed by atoms with Crippen LogP contribution in [0.25, 0.3) is 27.3 Å². The van der Waals surface area contributed by atoms with Gasteiger partial charge in [0.05, 0.1) is 13.2 Å². The van der Waals surface area contributed by atoms with Crippen LogP contribution < -0.4 is 14.4 Å². The minimum Gasteiger partial charge on any atom is -0.494 e. The minimum atomic E-state index is -1.23. The Kier molecular flexibility index (Phi) is 12.9. The molecule has 1 aromatic heterocycles. The number of rotatable bonds is 18. The van der Waals surface area contributed by atoms with Crippen LogP contribution in [0.5, 0.6) is 11.5 Å². The summed E-state index contributed by atoms with van der Waals surface area (Å²) in [6, 6.07) is 34.6. The van der Waals surface area contributed by atoms with Gasteiger partial charge in [0.25, 0.3) is 0 Å². The van der Waals surface area contributed by atoms with Crippen molar-refractivity contribution in [2.75, 3.05) is 18.1 Å². The molecule has 6 nitrogen and oxygen atoms in total. The molecule has 1 N–H and O–H groups in total. The Hall–Kier alpha value is -5.06. The van der Waals surface area contributed by atoms with E-state index in [1.165, 1.54) is 55.9 Å². The molecule has 0 aliphatic rings. The third-order valence-electron chi connectivity index (χ3n) is 8.39. The van der Waals surface area contributed by atoms with Gasteiger partial charge in [-0.2, -0.15) is 5.26 Å². The topological polar surface area (TPSA) is 82.8 Å². The number of carboxylic acid groups (broad SMARTS) is 1. The summed E-state index contributed by atoms with van der Waals surface area (Å²) >= 11 is 1.49. The second kappa shape index (κ2) is 17.9. The lowest BCUT2D eigenvalue weighted by Crippen LogP contribution is -2.10. The number of carboxylic acids is 1. The summed E-state index contributed by atoms with van der Waals surface area (Å²) in [7, 11) is 0. The van der Waals surface area contributed by atoms with Crippen molar-refractivity contribution in [3.8, 4) is 28.0 Å². The quantitative estimate of drug-likeness (QED) is 0.0567. The number of fused-ring (bicyclic) bond motifs is 1. The molecule has 0 bridgehead atoms. The summed E-state index contributed by atoms with van der Waals surface area (Å²) in [5, 5.41) is 20.8. The molecule has 252 valence electrons. The summed E-state index contributed by atoms with van der Waals surface area (Å²) in [4.78, 5) is 15.6. The number of unbranched alkanes of at least 4 members (excludes halogenated alkanes) is 6. The monoisotopic (exact) mass is 672 g/mol. The van der Waals surface area contributed by atoms with Gasteiger partial charge in [-0.1, -0.05) is 88.8 Å². The lowest BCUT2D eigenvalue weighted by Gasteiger charge is -2.26. The Balaban J connectivity index is 1.44. The highest BCUT2D eigenvalue weighted by Crippen LogP contribution is 2.42. The first kappa shape index (κ1) is 35.3. The van der Waals surface area contributed by atoms with Crippen molar-refractivity contribution >= 4 is 51.2 Å². The van der Waals surface area contributed by atoms with Gasteiger partial charge in [0.15, 0.2) is 0 Å². The third-order valence-corrected chi connectivity index (χ3v) is 9.60. The molecule has 0 amide bonds. The van der Waals surface area contributed by atoms with Gasteiger partial charge in [0, 0.05) is 37.6 Å². The van der Waals surface area contributed by atoms with Gasteiger partial charge in [-0.05, 0) is 85.1 Å². The summed E-state index contributed by atoms with van der Waals surface area (Å²) in [5.41, 5.74) is 3.73. The Morgan fingerprint density at radius 3 is 1.67 bits per heavy atom. The first-order chi connectivity index (χ1) is 24.0. The fourth-order valence-electron chi connectivity index (χ4n) is 5.74. The van der Waals surface area contributed by atoms with Crippen LogP contribution in [0.1, 0.15) is 70.1 Å². The van der Waals surface area contributed by atoms with Crippen molar-refractivity contribution in [1.29, 1.82) is 5.26 Å². The van der Waals surface area contributed by atoms with Crippen LogP contribution >= 0.6 is 11.3 Å². The first-order valence-corrected chi connectivity index (χ1v) is 18.1. The SMILES string of the molecule is CCCCCCOc1ccc(N(c2ccc(OCCCCCC)cc2)c2ccc(-c3sc(/C=C(\C#N)C(=O)O)c4ccccc34)cc2)cc1. The van der Waals surface area contributed by atoms with Crippen LogP contribution in [0, 0.1) is 11.3 Å². The molecule has 1 heterocycles. The Bertz CT molecular complexity index is 1810. The van der Waals surface area contributed by atoms with Crippen LogP contribution in [0.4, 0.5) is 17.1 Å². The van der Waals surface area contributed by atoms with Crippen molar-refractivity contribution in [1.82, 2.24) is 0 Å². The molecular formula is C42H44N2O4S. The number of thiophene rings is 1. The molecule has 49 heavy (non-hydrogen) atoms. The summed E-state index contributed by atoms with van der Waals surface area (Å²) in [5.74, 6) is 0.489. The molecule has 5 aromatic rings. The molecular weight excluding hydrogens is 629 g/mol. The molecule has 7 heteroatoms. The Labute approximate surface area is 293 Å². The molecule has 0 aliphatic heterocycles. The van der Waals surface area contributed by atoms with E-state index in [0.29, 0.717) is 13.2 Å². The predicted octanol–water partition coefficient (Wildman–Crippen LogP) is 11.9. The number of benzene rings is 4. The molecule has 5 rings (SSSR count). The number of carbonyl (C=O) groups is 1. The number of hydrogen-bond acceptors (Lipinski definition) is 6. The number of aliphatic carboxylic acids is 1. The first-order valence-electron chi connectivity index (χ1n) is 17.2. The number of nitrogens with zero attached hydrogens (tertiary/aromatic N) is 2. The van der Waals surface area contributed by atoms with Gasteiger partial charge in [0.1, 0.15) is 23.1 Å². The van der Waals surface area contributed by atoms with E-state index in [2.05, 4.69) is 67.3 Å². The zero-order valence-corrected chi connectivity index (χ0v) is 29.2. The average molecular weight is 673 g/mol. The van der Waals surface area contributed by atoms with Gasteiger partial charge in [0.2, 0.25) is 0 Å². The Morgan fingerprint density at radius 2 is 1.20 bits per heavy atom. The molecule has 0 atom stereocenters. The maximum absolute atomic E-state index is 11.6. The number of nitriles is 1. The van der Waals surface area contributed by atoms with Gasteiger partial charge < -0.3 is 19.5 Å². The van der Waals surface area contributed by atoms with Crippen molar-refractivity contribution in [3.05, 3.63) is 108 Å². The fraction of sp³-hybridized carbons (Fsp3) is 0.286. The third kappa shape index (κ3) is 9.31. The Morgan fingerprint density at radius 1 is 0.714 bits per heavy atom. The highest BCUT2D eigenvalue weighted by Gasteiger charge is 2.17. The van der Waals surface area contributed by atoms with Crippen LogP contribution in [0.3, 0.4) is 0 Å². The van der Waals surface area contributed by atoms with Crippen LogP contribution in [-0.2, 0) is 4.79 Å². The molecule has 0 saturated heterocycles. The van der Waals surface area contributed by atoms with Crippen molar-refractivity contribution in [2.45, 2.75) is 65.2 Å². The zero-order chi connectivity index (χ0) is 34.4. The number of ether oxygens (including phenoxy) is 2. The van der Waals surface area contributed by atoms with E-state index in [-0.39, 0.29) is 5.57 Å². The fourth-order valence-corrected chi connectivity index (χ4v) is 6.97. The largest absolute Gasteiger partial charge is 0.494 e. The summed E-state index contributed by atoms with van der Waals surface area (Å²) in [6.07, 6.45) is 10.8. The van der Waals surface area contributed by atoms with Crippen molar-refractivity contribution in [2.24, 2.45) is 0 Å². The molecule has 0 unspecified atom stereocenters. The second-order valence-electron chi connectivity index (χ2n) is 12.0. The predicted molar refractivity (Wildman–Crippen MR) is 202 cm³/mol. The minimum absolute atomic E-state index is 0.287. The molecule has 0 saturated carbocycles. The van der Waals surface area contributed by atoms with Crippen LogP contribution in [0.2, 0.25) is 0 Å². The number of anilines is 3. The van der Waals surface area contributed by atoms with Crippen LogP contribution in [-0.4, -0.2) is 24.3 Å². The summed E-state index contributed by atoms with van der Waals surface area (Å²) in [6.45, 7) is 5.85. The van der Waals surface area contributed by atoms with E-state index < -0.39 is 5.97 Å². The molecule has 0 fully saturated rings. The smallest absolute Gasteiger partial charge is 0.346 e. The van der Waals surface area contributed by atoms with Crippen molar-refractivity contribution in [3.63, 3.8) is 0 Å². The molecule has 0 radical (unpaired) electrons. The maximum atomic E-state index is 11.6. The van der Waals surface area contributed by atoms with E-state index >= 15 is 0 Å². The van der Waals surface area contributed by atoms with Gasteiger partial charge in [-0.3, -0.25) is 0 Å². The van der Waals surface area contributed by atoms with E-state index in [0.717, 1.165) is 67.5 Å². The van der Waals surface area contributed by atoms with Gasteiger partial charge in [-0.15, -0.1) is 11.3 Å². The second-order valence-corrected chi connectivity index (χ2v) is 13.1. The molecule has 0 spiro atoms. The highest BCUT2D eigenvalue weighted by molar-refractivity contribution is 7.18. The number of hydrogen-bond donors (Lipinski definition) is 1. The highest BCUT2D eigenvalue weighted by atomic mass is 32.1. The molecule has 4 aromatic carbocycles. The average Bonchev–Trinajstić information content (AvgIpc) is 3.50. The standard InChI is InChI=1S/C42H44N2O4S/c1-3-5-7-11-27-47-36-23-19-34(20-24-36)44(35-21-25-37(26-22-35)48-28-12-8-6-4-2)33-17-15-31(16-18-33)41-39-14-10-9-13-38(39)40(49-41)29-32(30-43)42(45)46/h9-10,13-26,29H,3-8,11-12,27-28H2,1-2H3,(H,45,46)/b32-29+. The van der Waals surface area contributed by atoms with Crippen molar-refractivity contribution < 1.29 is 19.4 Å². The van der Waals surface area contributed by atoms with Crippen LogP contribution in [0.15, 0.2) is 103 Å². The zero-order valence-electron chi connectivity index (χ0n) is 28.4. The maximum Gasteiger partial charge on any atom is 0.346 e. The van der Waals surface area contributed by atoms with E-state index in [1.807, 2.05) is 48.5 Å².